The van der Waals surface area contributed by atoms with E-state index in [1.807, 2.05) is 42.5 Å². The monoisotopic (exact) mass is 471 g/mol. The summed E-state index contributed by atoms with van der Waals surface area (Å²) in [6, 6.07) is 21.3. The smallest absolute Gasteiger partial charge is 0.150 e. The Morgan fingerprint density at radius 1 is 1.00 bits per heavy atom. The minimum Gasteiger partial charge on any atom is -0.508 e. The van der Waals surface area contributed by atoms with Gasteiger partial charge in [0.05, 0.1) is 6.61 Å². The van der Waals surface area contributed by atoms with Crippen LogP contribution in [0.4, 0.5) is 0 Å². The van der Waals surface area contributed by atoms with Crippen LogP contribution in [0.5, 0.6) is 17.2 Å². The number of phenolic OH excluding ortho intramolecular Hbond substituents is 1. The van der Waals surface area contributed by atoms with Crippen molar-refractivity contribution in [2.45, 2.75) is 33.0 Å². The third kappa shape index (κ3) is 4.93. The standard InChI is InChI=1S/C30H33NO4/c1-3-21-17-31(18-21)14-15-34-26-11-8-24(9-12-26)30-29(23-6-4-22(19-32)5-7-23)20(2)27-16-25(33)10-13-28(27)35-30/h4-13,16,21,30,32-33H,3,14-15,17-19H2,1-2H3/t30-/m0/s1. The zero-order valence-electron chi connectivity index (χ0n) is 20.4. The molecule has 0 aromatic heterocycles. The zero-order valence-corrected chi connectivity index (χ0v) is 20.4. The van der Waals surface area contributed by atoms with Gasteiger partial charge in [-0.15, -0.1) is 0 Å². The van der Waals surface area contributed by atoms with E-state index in [0.29, 0.717) is 6.61 Å². The lowest BCUT2D eigenvalue weighted by atomic mass is 9.86. The Morgan fingerprint density at radius 3 is 2.43 bits per heavy atom. The van der Waals surface area contributed by atoms with Gasteiger partial charge in [-0.25, -0.2) is 0 Å². The van der Waals surface area contributed by atoms with Gasteiger partial charge in [-0.05, 0) is 65.4 Å². The fourth-order valence-electron chi connectivity index (χ4n) is 4.98. The first kappa shape index (κ1) is 23.5. The van der Waals surface area contributed by atoms with Gasteiger partial charge in [0.25, 0.3) is 0 Å². The molecule has 5 rings (SSSR count). The second-order valence-electron chi connectivity index (χ2n) is 9.52. The van der Waals surface area contributed by atoms with Gasteiger partial charge in [0.1, 0.15) is 30.0 Å². The molecule has 2 heterocycles. The Bertz CT molecular complexity index is 1190. The highest BCUT2D eigenvalue weighted by atomic mass is 16.5. The van der Waals surface area contributed by atoms with Crippen LogP contribution in [0.3, 0.4) is 0 Å². The van der Waals surface area contributed by atoms with Crippen molar-refractivity contribution >= 4 is 11.1 Å². The lowest BCUT2D eigenvalue weighted by Crippen LogP contribution is -2.47. The normalized spacial score (nSPS) is 18.1. The van der Waals surface area contributed by atoms with E-state index in [2.05, 4.69) is 30.9 Å². The number of aliphatic hydroxyl groups is 1. The minimum atomic E-state index is -0.298. The summed E-state index contributed by atoms with van der Waals surface area (Å²) >= 11 is 0. The molecule has 182 valence electrons. The Morgan fingerprint density at radius 2 is 1.74 bits per heavy atom. The molecule has 0 saturated carbocycles. The molecule has 0 unspecified atom stereocenters. The van der Waals surface area contributed by atoms with Crippen molar-refractivity contribution in [2.75, 3.05) is 26.2 Å². The number of hydrogen-bond donors (Lipinski definition) is 2. The largest absolute Gasteiger partial charge is 0.508 e. The van der Waals surface area contributed by atoms with Gasteiger partial charge in [-0.3, -0.25) is 4.90 Å². The summed E-state index contributed by atoms with van der Waals surface area (Å²) in [5.74, 6) is 2.67. The average molecular weight is 472 g/mol. The van der Waals surface area contributed by atoms with Crippen LogP contribution < -0.4 is 9.47 Å². The molecule has 0 bridgehead atoms. The van der Waals surface area contributed by atoms with E-state index in [9.17, 15) is 10.2 Å². The first-order valence-electron chi connectivity index (χ1n) is 12.4. The molecule has 3 aromatic carbocycles. The molecular weight excluding hydrogens is 438 g/mol. The lowest BCUT2D eigenvalue weighted by molar-refractivity contribution is 0.0806. The molecule has 1 saturated heterocycles. The predicted molar refractivity (Wildman–Crippen MR) is 138 cm³/mol. The van der Waals surface area contributed by atoms with Crippen LogP contribution >= 0.6 is 0 Å². The first-order chi connectivity index (χ1) is 17.1. The number of aromatic hydroxyl groups is 1. The van der Waals surface area contributed by atoms with E-state index in [1.165, 1.54) is 19.5 Å². The van der Waals surface area contributed by atoms with Crippen LogP contribution in [0.2, 0.25) is 0 Å². The number of likely N-dealkylation sites (tertiary alicyclic amines) is 1. The Kier molecular flexibility index (Phi) is 6.80. The molecule has 0 amide bonds. The number of ether oxygens (including phenoxy) is 2. The molecule has 1 fully saturated rings. The van der Waals surface area contributed by atoms with Crippen LogP contribution in [0, 0.1) is 5.92 Å². The SMILES string of the molecule is CCC1CN(CCOc2ccc([C@@H]3Oc4ccc(O)cc4C(C)=C3c3ccc(CO)cc3)cc2)C1. The molecule has 2 aliphatic heterocycles. The Balaban J connectivity index is 1.38. The minimum absolute atomic E-state index is 0.00729. The lowest BCUT2D eigenvalue weighted by Gasteiger charge is -2.38. The number of allylic oxidation sites excluding steroid dienone is 1. The maximum absolute atomic E-state index is 10.1. The number of rotatable bonds is 8. The number of hydrogen-bond acceptors (Lipinski definition) is 5. The van der Waals surface area contributed by atoms with Crippen molar-refractivity contribution in [1.82, 2.24) is 4.90 Å². The number of benzene rings is 3. The molecule has 2 aliphatic rings. The molecule has 2 N–H and O–H groups in total. The number of aliphatic hydroxyl groups excluding tert-OH is 1. The number of fused-ring (bicyclic) bond motifs is 1. The summed E-state index contributed by atoms with van der Waals surface area (Å²) in [6.45, 7) is 8.35. The summed E-state index contributed by atoms with van der Waals surface area (Å²) in [5.41, 5.74) is 5.92. The van der Waals surface area contributed by atoms with Crippen LogP contribution in [-0.2, 0) is 6.61 Å². The second kappa shape index (κ2) is 10.1. The summed E-state index contributed by atoms with van der Waals surface area (Å²) in [4.78, 5) is 2.44. The molecule has 3 aromatic rings. The van der Waals surface area contributed by atoms with Gasteiger partial charge >= 0.3 is 0 Å². The topological polar surface area (TPSA) is 62.2 Å². The third-order valence-corrected chi connectivity index (χ3v) is 7.19. The maximum Gasteiger partial charge on any atom is 0.150 e. The van der Waals surface area contributed by atoms with Gasteiger partial charge in [0.2, 0.25) is 0 Å². The van der Waals surface area contributed by atoms with E-state index in [1.54, 1.807) is 12.1 Å². The molecular formula is C30H33NO4. The summed E-state index contributed by atoms with van der Waals surface area (Å²) < 4.78 is 12.5. The van der Waals surface area contributed by atoms with E-state index < -0.39 is 0 Å². The molecule has 1 atom stereocenters. The van der Waals surface area contributed by atoms with E-state index in [4.69, 9.17) is 9.47 Å². The van der Waals surface area contributed by atoms with Crippen LogP contribution in [0.15, 0.2) is 66.7 Å². The fourth-order valence-corrected chi connectivity index (χ4v) is 4.98. The highest BCUT2D eigenvalue weighted by Gasteiger charge is 2.29. The summed E-state index contributed by atoms with van der Waals surface area (Å²) in [5, 5.41) is 19.5. The average Bonchev–Trinajstić information content (AvgIpc) is 2.86. The highest BCUT2D eigenvalue weighted by molar-refractivity contribution is 5.95. The molecule has 5 nitrogen and oxygen atoms in total. The Labute approximate surface area is 207 Å². The summed E-state index contributed by atoms with van der Waals surface area (Å²) in [7, 11) is 0. The van der Waals surface area contributed by atoms with E-state index >= 15 is 0 Å². The quantitative estimate of drug-likeness (QED) is 0.443. The van der Waals surface area contributed by atoms with Gasteiger partial charge in [-0.1, -0.05) is 49.7 Å². The number of phenols is 1. The zero-order chi connectivity index (χ0) is 24.4. The van der Waals surface area contributed by atoms with Crippen LogP contribution in [0.25, 0.3) is 11.1 Å². The van der Waals surface area contributed by atoms with Gasteiger partial charge in [0, 0.05) is 30.8 Å². The van der Waals surface area contributed by atoms with Gasteiger partial charge in [-0.2, -0.15) is 0 Å². The van der Waals surface area contributed by atoms with Gasteiger partial charge < -0.3 is 19.7 Å². The third-order valence-electron chi connectivity index (χ3n) is 7.19. The second-order valence-corrected chi connectivity index (χ2v) is 9.52. The maximum atomic E-state index is 10.1. The van der Waals surface area contributed by atoms with E-state index in [-0.39, 0.29) is 18.5 Å². The molecule has 35 heavy (non-hydrogen) atoms. The van der Waals surface area contributed by atoms with Crippen molar-refractivity contribution in [2.24, 2.45) is 5.92 Å². The highest BCUT2D eigenvalue weighted by Crippen LogP contribution is 2.47. The first-order valence-corrected chi connectivity index (χ1v) is 12.4. The number of nitrogens with zero attached hydrogens (tertiary/aromatic N) is 1. The fraction of sp³-hybridized carbons (Fsp3) is 0.333. The van der Waals surface area contributed by atoms with Crippen LogP contribution in [0.1, 0.15) is 48.6 Å². The molecule has 0 radical (unpaired) electrons. The molecule has 0 spiro atoms. The Hall–Kier alpha value is -3.28. The van der Waals surface area contributed by atoms with Crippen molar-refractivity contribution in [3.8, 4) is 17.2 Å². The van der Waals surface area contributed by atoms with Crippen molar-refractivity contribution in [3.05, 3.63) is 89.0 Å². The van der Waals surface area contributed by atoms with Crippen molar-refractivity contribution in [3.63, 3.8) is 0 Å². The molecule has 5 heteroatoms. The van der Waals surface area contributed by atoms with Gasteiger partial charge in [0.15, 0.2) is 0 Å². The summed E-state index contributed by atoms with van der Waals surface area (Å²) in [6.07, 6.45) is 0.961. The van der Waals surface area contributed by atoms with Crippen molar-refractivity contribution in [1.29, 1.82) is 0 Å². The van der Waals surface area contributed by atoms with Crippen LogP contribution in [-0.4, -0.2) is 41.4 Å². The molecule has 0 aliphatic carbocycles. The van der Waals surface area contributed by atoms with E-state index in [0.717, 1.165) is 57.4 Å². The predicted octanol–water partition coefficient (Wildman–Crippen LogP) is 5.67. The van der Waals surface area contributed by atoms with Crippen molar-refractivity contribution < 1.29 is 19.7 Å².